The topological polar surface area (TPSA) is 57.6 Å². The molecule has 0 aromatic heterocycles. The van der Waals surface area contributed by atoms with E-state index < -0.39 is 11.4 Å². The number of likely N-dealkylation sites (tertiary alicyclic amines) is 1. The highest BCUT2D eigenvalue weighted by molar-refractivity contribution is 5.96. The molecular formula is C15H18FNO3. The van der Waals surface area contributed by atoms with Crippen molar-refractivity contribution in [3.8, 4) is 0 Å². The van der Waals surface area contributed by atoms with Gasteiger partial charge in [-0.25, -0.2) is 4.39 Å². The van der Waals surface area contributed by atoms with Gasteiger partial charge in [0, 0.05) is 18.7 Å². The number of carbonyl (C=O) groups is 2. The van der Waals surface area contributed by atoms with Gasteiger partial charge in [-0.2, -0.15) is 0 Å². The maximum absolute atomic E-state index is 13.1. The molecule has 1 aliphatic heterocycles. The summed E-state index contributed by atoms with van der Waals surface area (Å²) in [6, 6.07) is 4.02. The summed E-state index contributed by atoms with van der Waals surface area (Å²) in [5.41, 5.74) is 0.0978. The van der Waals surface area contributed by atoms with Crippen LogP contribution in [0.2, 0.25) is 0 Å². The third-order valence-electron chi connectivity index (χ3n) is 3.92. The van der Waals surface area contributed by atoms with E-state index in [-0.39, 0.29) is 18.3 Å². The van der Waals surface area contributed by atoms with E-state index in [0.717, 1.165) is 0 Å². The van der Waals surface area contributed by atoms with Crippen molar-refractivity contribution in [3.63, 3.8) is 0 Å². The van der Waals surface area contributed by atoms with Gasteiger partial charge >= 0.3 is 5.97 Å². The molecule has 4 nitrogen and oxygen atoms in total. The lowest BCUT2D eigenvalue weighted by molar-refractivity contribution is -0.150. The number of amides is 1. The molecule has 1 aromatic rings. The third-order valence-corrected chi connectivity index (χ3v) is 3.92. The van der Waals surface area contributed by atoms with Gasteiger partial charge in [0.25, 0.3) is 5.91 Å². The van der Waals surface area contributed by atoms with Gasteiger partial charge in [0.2, 0.25) is 0 Å². The molecule has 0 radical (unpaired) electrons. The van der Waals surface area contributed by atoms with Crippen molar-refractivity contribution in [2.24, 2.45) is 5.41 Å². The number of hydrogen-bond acceptors (Lipinski definition) is 2. The van der Waals surface area contributed by atoms with Gasteiger partial charge < -0.3 is 10.0 Å². The molecule has 108 valence electrons. The van der Waals surface area contributed by atoms with Gasteiger partial charge in [-0.3, -0.25) is 9.59 Å². The SMILES string of the molecule is Cc1cc(F)ccc1C(=O)N1CCCC(C)(C(=O)O)C1. The highest BCUT2D eigenvalue weighted by Crippen LogP contribution is 2.30. The van der Waals surface area contributed by atoms with Crippen molar-refractivity contribution in [2.75, 3.05) is 13.1 Å². The monoisotopic (exact) mass is 279 g/mol. The minimum absolute atomic E-state index is 0.192. The number of halogens is 1. The van der Waals surface area contributed by atoms with Gasteiger partial charge in [0.05, 0.1) is 5.41 Å². The molecule has 20 heavy (non-hydrogen) atoms. The quantitative estimate of drug-likeness (QED) is 0.904. The Morgan fingerprint density at radius 3 is 2.70 bits per heavy atom. The molecular weight excluding hydrogens is 261 g/mol. The molecule has 1 amide bonds. The van der Waals surface area contributed by atoms with Gasteiger partial charge in [0.1, 0.15) is 5.82 Å². The number of rotatable bonds is 2. The number of hydrogen-bond donors (Lipinski definition) is 1. The molecule has 1 N–H and O–H groups in total. The lowest BCUT2D eigenvalue weighted by atomic mass is 9.82. The van der Waals surface area contributed by atoms with Crippen LogP contribution in [0.3, 0.4) is 0 Å². The standard InChI is InChI=1S/C15H18FNO3/c1-10-8-11(16)4-5-12(10)13(18)17-7-3-6-15(2,9-17)14(19)20/h4-5,8H,3,6-7,9H2,1-2H3,(H,19,20). The summed E-state index contributed by atoms with van der Waals surface area (Å²) in [6.45, 7) is 4.07. The fourth-order valence-electron chi connectivity index (χ4n) is 2.62. The molecule has 1 saturated heterocycles. The fraction of sp³-hybridized carbons (Fsp3) is 0.467. The molecule has 1 atom stereocenters. The highest BCUT2D eigenvalue weighted by Gasteiger charge is 2.39. The Balaban J connectivity index is 2.23. The van der Waals surface area contributed by atoms with Crippen LogP contribution in [0.1, 0.15) is 35.7 Å². The summed E-state index contributed by atoms with van der Waals surface area (Å²) in [6.07, 6.45) is 1.23. The molecule has 0 spiro atoms. The minimum atomic E-state index is -0.901. The van der Waals surface area contributed by atoms with E-state index in [1.807, 2.05) is 0 Å². The second-order valence-corrected chi connectivity index (χ2v) is 5.66. The van der Waals surface area contributed by atoms with Gasteiger partial charge in [0.15, 0.2) is 0 Å². The number of nitrogens with zero attached hydrogens (tertiary/aromatic N) is 1. The Morgan fingerprint density at radius 1 is 1.40 bits per heavy atom. The Hall–Kier alpha value is -1.91. The molecule has 5 heteroatoms. The number of piperidine rings is 1. The molecule has 0 saturated carbocycles. The predicted molar refractivity (Wildman–Crippen MR) is 72.0 cm³/mol. The maximum atomic E-state index is 13.1. The van der Waals surface area contributed by atoms with Crippen molar-refractivity contribution < 1.29 is 19.1 Å². The first-order valence-electron chi connectivity index (χ1n) is 6.62. The van der Waals surface area contributed by atoms with Crippen molar-refractivity contribution >= 4 is 11.9 Å². The average Bonchev–Trinajstić information content (AvgIpc) is 2.38. The number of benzene rings is 1. The summed E-state index contributed by atoms with van der Waals surface area (Å²) >= 11 is 0. The molecule has 0 aliphatic carbocycles. The number of carbonyl (C=O) groups excluding carboxylic acids is 1. The van der Waals surface area contributed by atoms with Crippen molar-refractivity contribution in [1.82, 2.24) is 4.90 Å². The van der Waals surface area contributed by atoms with Gasteiger partial charge in [-0.1, -0.05) is 0 Å². The Morgan fingerprint density at radius 2 is 2.10 bits per heavy atom. The fourth-order valence-corrected chi connectivity index (χ4v) is 2.62. The second-order valence-electron chi connectivity index (χ2n) is 5.66. The maximum Gasteiger partial charge on any atom is 0.311 e. The highest BCUT2D eigenvalue weighted by atomic mass is 19.1. The summed E-state index contributed by atoms with van der Waals surface area (Å²) in [7, 11) is 0. The first kappa shape index (κ1) is 14.5. The average molecular weight is 279 g/mol. The van der Waals surface area contributed by atoms with Crippen LogP contribution in [-0.2, 0) is 4.79 Å². The van der Waals surface area contributed by atoms with Crippen molar-refractivity contribution in [1.29, 1.82) is 0 Å². The first-order valence-corrected chi connectivity index (χ1v) is 6.62. The lowest BCUT2D eigenvalue weighted by Crippen LogP contribution is -2.48. The molecule has 2 rings (SSSR count). The van der Waals surface area contributed by atoms with E-state index in [0.29, 0.717) is 30.5 Å². The van der Waals surface area contributed by atoms with Crippen molar-refractivity contribution in [3.05, 3.63) is 35.1 Å². The number of carboxylic acids is 1. The molecule has 1 unspecified atom stereocenters. The van der Waals surface area contributed by atoms with Gasteiger partial charge in [-0.05, 0) is 50.5 Å². The zero-order valence-electron chi connectivity index (χ0n) is 11.6. The largest absolute Gasteiger partial charge is 0.481 e. The van der Waals surface area contributed by atoms with E-state index in [1.165, 1.54) is 18.2 Å². The normalized spacial score (nSPS) is 22.6. The van der Waals surface area contributed by atoms with Crippen LogP contribution in [-0.4, -0.2) is 35.0 Å². The van der Waals surface area contributed by atoms with Crippen molar-refractivity contribution in [2.45, 2.75) is 26.7 Å². The Bertz CT molecular complexity index is 558. The summed E-state index contributed by atoms with van der Waals surface area (Å²) < 4.78 is 13.1. The van der Waals surface area contributed by atoms with E-state index in [2.05, 4.69) is 0 Å². The number of aryl methyl sites for hydroxylation is 1. The lowest BCUT2D eigenvalue weighted by Gasteiger charge is -2.37. The second kappa shape index (κ2) is 5.23. The molecule has 1 fully saturated rings. The van der Waals surface area contributed by atoms with Crippen LogP contribution in [0.5, 0.6) is 0 Å². The zero-order valence-corrected chi connectivity index (χ0v) is 11.6. The first-order chi connectivity index (χ1) is 9.33. The van der Waals surface area contributed by atoms with Crippen LogP contribution in [0.4, 0.5) is 4.39 Å². The van der Waals surface area contributed by atoms with Crippen LogP contribution in [0.25, 0.3) is 0 Å². The van der Waals surface area contributed by atoms with E-state index in [9.17, 15) is 19.1 Å². The minimum Gasteiger partial charge on any atom is -0.481 e. The zero-order chi connectivity index (χ0) is 14.9. The van der Waals surface area contributed by atoms with Crippen LogP contribution < -0.4 is 0 Å². The van der Waals surface area contributed by atoms with Crippen LogP contribution in [0, 0.1) is 18.2 Å². The summed E-state index contributed by atoms with van der Waals surface area (Å²) in [4.78, 5) is 25.3. The number of aliphatic carboxylic acids is 1. The summed E-state index contributed by atoms with van der Waals surface area (Å²) in [5, 5.41) is 9.27. The van der Waals surface area contributed by atoms with Crippen LogP contribution >= 0.6 is 0 Å². The smallest absolute Gasteiger partial charge is 0.311 e. The van der Waals surface area contributed by atoms with E-state index in [1.54, 1.807) is 18.7 Å². The van der Waals surface area contributed by atoms with E-state index in [4.69, 9.17) is 0 Å². The van der Waals surface area contributed by atoms with E-state index >= 15 is 0 Å². The third kappa shape index (κ3) is 2.66. The molecule has 0 bridgehead atoms. The number of carboxylic acid groups (broad SMARTS) is 1. The predicted octanol–water partition coefficient (Wildman–Crippen LogP) is 2.46. The van der Waals surface area contributed by atoms with Gasteiger partial charge in [-0.15, -0.1) is 0 Å². The Kier molecular flexibility index (Phi) is 3.79. The molecule has 1 aromatic carbocycles. The molecule has 1 aliphatic rings. The molecule has 1 heterocycles. The van der Waals surface area contributed by atoms with Crippen LogP contribution in [0.15, 0.2) is 18.2 Å². The Labute approximate surface area is 117 Å². The summed E-state index contributed by atoms with van der Waals surface area (Å²) in [5.74, 6) is -1.49.